The van der Waals surface area contributed by atoms with Crippen molar-refractivity contribution in [1.82, 2.24) is 19.8 Å². The van der Waals surface area contributed by atoms with Crippen LogP contribution in [-0.2, 0) is 17.3 Å². The molecule has 0 unspecified atom stereocenters. The number of halogens is 1. The largest absolute Gasteiger partial charge is 0.353 e. The zero-order valence-corrected chi connectivity index (χ0v) is 16.4. The molecule has 27 heavy (non-hydrogen) atoms. The normalized spacial score (nSPS) is 17.7. The fourth-order valence-corrected chi connectivity index (χ4v) is 4.22. The summed E-state index contributed by atoms with van der Waals surface area (Å²) in [4.78, 5) is 19.1. The van der Waals surface area contributed by atoms with Gasteiger partial charge in [-0.05, 0) is 44.6 Å². The first kappa shape index (κ1) is 19.5. The van der Waals surface area contributed by atoms with E-state index in [1.165, 1.54) is 18.6 Å². The first-order valence-corrected chi connectivity index (χ1v) is 9.59. The number of benzene rings is 1. The Labute approximate surface area is 160 Å². The van der Waals surface area contributed by atoms with E-state index in [9.17, 15) is 9.18 Å². The van der Waals surface area contributed by atoms with Gasteiger partial charge in [-0.25, -0.2) is 9.37 Å². The summed E-state index contributed by atoms with van der Waals surface area (Å²) >= 11 is 0. The highest BCUT2D eigenvalue weighted by Crippen LogP contribution is 2.39. The molecule has 1 aliphatic rings. The molecule has 2 aromatic rings. The second kappa shape index (κ2) is 8.21. The average molecular weight is 372 g/mol. The maximum Gasteiger partial charge on any atom is 0.243 e. The van der Waals surface area contributed by atoms with Crippen LogP contribution in [0, 0.1) is 5.82 Å². The van der Waals surface area contributed by atoms with E-state index in [2.05, 4.69) is 10.3 Å². The van der Waals surface area contributed by atoms with Crippen LogP contribution in [-0.4, -0.2) is 41.0 Å². The highest BCUT2D eigenvalue weighted by molar-refractivity contribution is 5.82. The third-order valence-corrected chi connectivity index (χ3v) is 5.77. The van der Waals surface area contributed by atoms with Crippen molar-refractivity contribution in [3.8, 4) is 0 Å². The van der Waals surface area contributed by atoms with Crippen LogP contribution < -0.4 is 5.32 Å². The van der Waals surface area contributed by atoms with Crippen LogP contribution in [0.15, 0.2) is 36.8 Å². The van der Waals surface area contributed by atoms with E-state index >= 15 is 0 Å². The monoisotopic (exact) mass is 372 g/mol. The smallest absolute Gasteiger partial charge is 0.243 e. The molecule has 1 amide bonds. The van der Waals surface area contributed by atoms with Crippen LogP contribution in [0.5, 0.6) is 0 Å². The van der Waals surface area contributed by atoms with Crippen molar-refractivity contribution < 1.29 is 9.18 Å². The number of imidazole rings is 1. The molecule has 0 bridgehead atoms. The van der Waals surface area contributed by atoms with Crippen molar-refractivity contribution in [2.45, 2.75) is 43.6 Å². The number of likely N-dealkylation sites (N-methyl/N-ethyl adjacent to an activating group) is 1. The summed E-state index contributed by atoms with van der Waals surface area (Å²) < 4.78 is 15.3. The Kier molecular flexibility index (Phi) is 5.95. The van der Waals surface area contributed by atoms with E-state index in [1.807, 2.05) is 42.7 Å². The molecule has 1 fully saturated rings. The van der Waals surface area contributed by atoms with Gasteiger partial charge in [0.1, 0.15) is 11.9 Å². The van der Waals surface area contributed by atoms with Crippen molar-refractivity contribution in [1.29, 1.82) is 0 Å². The van der Waals surface area contributed by atoms with Gasteiger partial charge in [-0.15, -0.1) is 0 Å². The van der Waals surface area contributed by atoms with Crippen LogP contribution in [0.3, 0.4) is 0 Å². The maximum atomic E-state index is 13.4. The second-order valence-electron chi connectivity index (χ2n) is 7.86. The van der Waals surface area contributed by atoms with Gasteiger partial charge < -0.3 is 9.88 Å². The first-order valence-electron chi connectivity index (χ1n) is 9.59. The lowest BCUT2D eigenvalue weighted by Gasteiger charge is -2.38. The van der Waals surface area contributed by atoms with Gasteiger partial charge >= 0.3 is 0 Å². The van der Waals surface area contributed by atoms with E-state index in [0.29, 0.717) is 6.54 Å². The van der Waals surface area contributed by atoms with Crippen LogP contribution >= 0.6 is 0 Å². The summed E-state index contributed by atoms with van der Waals surface area (Å²) in [5, 5.41) is 3.19. The summed E-state index contributed by atoms with van der Waals surface area (Å²) in [6.45, 7) is 0.569. The predicted octanol–water partition coefficient (Wildman–Crippen LogP) is 3.18. The van der Waals surface area contributed by atoms with Crippen molar-refractivity contribution in [3.05, 3.63) is 53.9 Å². The Morgan fingerprint density at radius 2 is 1.93 bits per heavy atom. The molecular weight excluding hydrogens is 343 g/mol. The van der Waals surface area contributed by atoms with Crippen LogP contribution in [0.2, 0.25) is 0 Å². The van der Waals surface area contributed by atoms with Crippen molar-refractivity contribution in [2.75, 3.05) is 20.6 Å². The van der Waals surface area contributed by atoms with E-state index in [-0.39, 0.29) is 17.1 Å². The molecule has 1 aromatic heterocycles. The van der Waals surface area contributed by atoms with Crippen molar-refractivity contribution in [2.24, 2.45) is 7.05 Å². The number of hydrogen-bond acceptors (Lipinski definition) is 3. The topological polar surface area (TPSA) is 50.2 Å². The van der Waals surface area contributed by atoms with E-state index in [1.54, 1.807) is 12.5 Å². The lowest BCUT2D eigenvalue weighted by Crippen LogP contribution is -2.46. The highest BCUT2D eigenvalue weighted by Gasteiger charge is 2.35. The third-order valence-electron chi connectivity index (χ3n) is 5.77. The molecule has 3 rings (SSSR count). The fraction of sp³-hybridized carbons (Fsp3) is 0.524. The lowest BCUT2D eigenvalue weighted by atomic mass is 9.69. The standard InChI is InChI=1S/C21H29FN4O/c1-25(2)19(18-13-23-15-26(18)3)20(27)24-14-21(11-5-4-6-12-21)16-7-9-17(22)10-8-16/h7-10,13,15,19H,4-6,11-12,14H2,1-3H3,(H,24,27)/t19-/m1/s1. The van der Waals surface area contributed by atoms with Gasteiger partial charge in [0.15, 0.2) is 0 Å². The number of amides is 1. The van der Waals surface area contributed by atoms with Gasteiger partial charge in [0, 0.05) is 19.0 Å². The minimum atomic E-state index is -0.397. The van der Waals surface area contributed by atoms with Crippen LogP contribution in [0.1, 0.15) is 49.4 Å². The van der Waals surface area contributed by atoms with Gasteiger partial charge in [-0.1, -0.05) is 31.4 Å². The average Bonchev–Trinajstić information content (AvgIpc) is 3.07. The molecule has 6 heteroatoms. The number of aryl methyl sites for hydroxylation is 1. The van der Waals surface area contributed by atoms with Gasteiger partial charge in [0.2, 0.25) is 5.91 Å². The molecule has 1 atom stereocenters. The third kappa shape index (κ3) is 4.21. The second-order valence-corrected chi connectivity index (χ2v) is 7.86. The Balaban J connectivity index is 1.79. The molecule has 5 nitrogen and oxygen atoms in total. The van der Waals surface area contributed by atoms with Crippen LogP contribution in [0.25, 0.3) is 0 Å². The summed E-state index contributed by atoms with van der Waals surface area (Å²) in [5.74, 6) is -0.256. The maximum absolute atomic E-state index is 13.4. The van der Waals surface area contributed by atoms with Gasteiger partial charge in [-0.2, -0.15) is 0 Å². The number of nitrogens with zero attached hydrogens (tertiary/aromatic N) is 3. The number of carbonyl (C=O) groups is 1. The summed E-state index contributed by atoms with van der Waals surface area (Å²) in [7, 11) is 5.69. The fourth-order valence-electron chi connectivity index (χ4n) is 4.22. The molecule has 1 aliphatic carbocycles. The zero-order valence-electron chi connectivity index (χ0n) is 16.4. The number of nitrogens with one attached hydrogen (secondary N) is 1. The van der Waals surface area contributed by atoms with Crippen molar-refractivity contribution in [3.63, 3.8) is 0 Å². The molecule has 0 aliphatic heterocycles. The summed E-state index contributed by atoms with van der Waals surface area (Å²) in [6, 6.07) is 6.39. The van der Waals surface area contributed by atoms with E-state index in [4.69, 9.17) is 0 Å². The molecule has 146 valence electrons. The SMILES string of the molecule is CN(C)[C@@H](C(=O)NCC1(c2ccc(F)cc2)CCCCC1)c1cncn1C. The Morgan fingerprint density at radius 3 is 2.48 bits per heavy atom. The molecule has 1 N–H and O–H groups in total. The molecule has 0 spiro atoms. The Hall–Kier alpha value is -2.21. The molecule has 0 radical (unpaired) electrons. The summed E-state index contributed by atoms with van der Waals surface area (Å²) in [6.07, 6.45) is 8.94. The number of carbonyl (C=O) groups excluding carboxylic acids is 1. The number of hydrogen-bond donors (Lipinski definition) is 1. The predicted molar refractivity (Wildman–Crippen MR) is 104 cm³/mol. The minimum absolute atomic E-state index is 0.0318. The zero-order chi connectivity index (χ0) is 19.4. The molecule has 1 saturated carbocycles. The Bertz CT molecular complexity index is 763. The van der Waals surface area contributed by atoms with Gasteiger partial charge in [0.25, 0.3) is 0 Å². The number of rotatable bonds is 6. The summed E-state index contributed by atoms with van der Waals surface area (Å²) in [5.41, 5.74) is 1.85. The Morgan fingerprint density at radius 1 is 1.26 bits per heavy atom. The molecule has 0 saturated heterocycles. The number of aromatic nitrogens is 2. The van der Waals surface area contributed by atoms with Crippen LogP contribution in [0.4, 0.5) is 4.39 Å². The molecule has 1 heterocycles. The van der Waals surface area contributed by atoms with Crippen molar-refractivity contribution >= 4 is 5.91 Å². The van der Waals surface area contributed by atoms with Gasteiger partial charge in [0.05, 0.1) is 18.2 Å². The van der Waals surface area contributed by atoms with E-state index < -0.39 is 6.04 Å². The molecular formula is C21H29FN4O. The molecule has 1 aromatic carbocycles. The van der Waals surface area contributed by atoms with Gasteiger partial charge in [-0.3, -0.25) is 9.69 Å². The lowest BCUT2D eigenvalue weighted by molar-refractivity contribution is -0.126. The first-order chi connectivity index (χ1) is 12.9. The quantitative estimate of drug-likeness (QED) is 0.847. The highest BCUT2D eigenvalue weighted by atomic mass is 19.1. The van der Waals surface area contributed by atoms with E-state index in [0.717, 1.165) is 36.9 Å². The minimum Gasteiger partial charge on any atom is -0.353 e.